The molecule has 3 heterocycles. The average molecular weight is 412 g/mol. The van der Waals surface area contributed by atoms with E-state index in [4.69, 9.17) is 0 Å². The highest BCUT2D eigenvalue weighted by molar-refractivity contribution is 5.98. The van der Waals surface area contributed by atoms with E-state index in [2.05, 4.69) is 32.9 Å². The number of amides is 2. The van der Waals surface area contributed by atoms with Crippen molar-refractivity contribution in [1.82, 2.24) is 19.8 Å². The van der Waals surface area contributed by atoms with Crippen LogP contribution in [0.2, 0.25) is 0 Å². The molecular formula is C23H33N5O2. The SMILES string of the molecule is C=CCC1(CC=C)CC(=O)N(CCCCN2CCN(c3ncccn3)CC2)C(=O)C1. The number of anilines is 1. The van der Waals surface area contributed by atoms with E-state index in [9.17, 15) is 9.59 Å². The highest BCUT2D eigenvalue weighted by Crippen LogP contribution is 2.40. The zero-order valence-electron chi connectivity index (χ0n) is 17.8. The molecule has 0 radical (unpaired) electrons. The van der Waals surface area contributed by atoms with Crippen molar-refractivity contribution in [1.29, 1.82) is 0 Å². The molecule has 7 heteroatoms. The number of allylic oxidation sites excluding steroid dienone is 2. The van der Waals surface area contributed by atoms with Crippen LogP contribution >= 0.6 is 0 Å². The molecule has 0 saturated carbocycles. The molecule has 0 bridgehead atoms. The smallest absolute Gasteiger partial charge is 0.229 e. The molecule has 0 atom stereocenters. The zero-order chi connectivity index (χ0) is 21.4. The Bertz CT molecular complexity index is 713. The number of hydrogen-bond acceptors (Lipinski definition) is 6. The van der Waals surface area contributed by atoms with Crippen LogP contribution < -0.4 is 4.90 Å². The number of unbranched alkanes of at least 4 members (excludes halogenated alkanes) is 1. The lowest BCUT2D eigenvalue weighted by Gasteiger charge is -2.39. The Kier molecular flexibility index (Phi) is 7.74. The zero-order valence-corrected chi connectivity index (χ0v) is 17.8. The van der Waals surface area contributed by atoms with Crippen LogP contribution in [0.1, 0.15) is 38.5 Å². The third-order valence-corrected chi connectivity index (χ3v) is 6.12. The first-order valence-electron chi connectivity index (χ1n) is 10.9. The number of hydrogen-bond donors (Lipinski definition) is 0. The van der Waals surface area contributed by atoms with Crippen LogP contribution in [0.4, 0.5) is 5.95 Å². The number of imide groups is 1. The van der Waals surface area contributed by atoms with Crippen LogP contribution in [0.5, 0.6) is 0 Å². The largest absolute Gasteiger partial charge is 0.338 e. The molecule has 2 aliphatic heterocycles. The van der Waals surface area contributed by atoms with Gasteiger partial charge in [-0.3, -0.25) is 19.4 Å². The normalized spacial score (nSPS) is 19.7. The van der Waals surface area contributed by atoms with Gasteiger partial charge in [-0.1, -0.05) is 12.2 Å². The average Bonchev–Trinajstić information content (AvgIpc) is 2.74. The Morgan fingerprint density at radius 2 is 1.47 bits per heavy atom. The number of piperazine rings is 1. The summed E-state index contributed by atoms with van der Waals surface area (Å²) >= 11 is 0. The summed E-state index contributed by atoms with van der Waals surface area (Å²) in [6.45, 7) is 12.9. The van der Waals surface area contributed by atoms with E-state index in [1.54, 1.807) is 12.4 Å². The molecule has 1 aromatic heterocycles. The summed E-state index contributed by atoms with van der Waals surface area (Å²) in [6.07, 6.45) is 11.1. The van der Waals surface area contributed by atoms with E-state index in [1.165, 1.54) is 4.90 Å². The summed E-state index contributed by atoms with van der Waals surface area (Å²) in [5.41, 5.74) is -0.323. The van der Waals surface area contributed by atoms with E-state index >= 15 is 0 Å². The van der Waals surface area contributed by atoms with Gasteiger partial charge in [0.05, 0.1) is 0 Å². The predicted molar refractivity (Wildman–Crippen MR) is 118 cm³/mol. The van der Waals surface area contributed by atoms with Crippen LogP contribution in [0.3, 0.4) is 0 Å². The molecule has 0 aromatic carbocycles. The number of likely N-dealkylation sites (tertiary alicyclic amines) is 1. The van der Waals surface area contributed by atoms with Gasteiger partial charge in [0.15, 0.2) is 0 Å². The van der Waals surface area contributed by atoms with Crippen molar-refractivity contribution in [3.63, 3.8) is 0 Å². The van der Waals surface area contributed by atoms with Gasteiger partial charge < -0.3 is 4.90 Å². The first kappa shape index (κ1) is 22.2. The topological polar surface area (TPSA) is 69.6 Å². The minimum atomic E-state index is -0.323. The van der Waals surface area contributed by atoms with Crippen molar-refractivity contribution in [2.75, 3.05) is 44.2 Å². The van der Waals surface area contributed by atoms with Gasteiger partial charge in [0.2, 0.25) is 17.8 Å². The first-order chi connectivity index (χ1) is 14.6. The van der Waals surface area contributed by atoms with Crippen LogP contribution in [0.15, 0.2) is 43.8 Å². The van der Waals surface area contributed by atoms with Crippen molar-refractivity contribution in [2.45, 2.75) is 38.5 Å². The predicted octanol–water partition coefficient (Wildman–Crippen LogP) is 2.67. The lowest BCUT2D eigenvalue weighted by atomic mass is 9.72. The molecule has 162 valence electrons. The summed E-state index contributed by atoms with van der Waals surface area (Å²) in [5, 5.41) is 0. The summed E-state index contributed by atoms with van der Waals surface area (Å²) in [4.78, 5) is 40.0. The molecule has 3 rings (SSSR count). The van der Waals surface area contributed by atoms with Crippen LogP contribution in [0.25, 0.3) is 0 Å². The van der Waals surface area contributed by atoms with Crippen LogP contribution in [0, 0.1) is 5.41 Å². The van der Waals surface area contributed by atoms with Gasteiger partial charge in [-0.25, -0.2) is 9.97 Å². The van der Waals surface area contributed by atoms with Crippen molar-refractivity contribution in [3.8, 4) is 0 Å². The van der Waals surface area contributed by atoms with E-state index in [-0.39, 0.29) is 17.2 Å². The van der Waals surface area contributed by atoms with Gasteiger partial charge in [-0.05, 0) is 43.7 Å². The first-order valence-corrected chi connectivity index (χ1v) is 10.9. The van der Waals surface area contributed by atoms with Crippen LogP contribution in [-0.2, 0) is 9.59 Å². The number of piperidine rings is 1. The maximum Gasteiger partial charge on any atom is 0.229 e. The third kappa shape index (κ3) is 5.53. The summed E-state index contributed by atoms with van der Waals surface area (Å²) < 4.78 is 0. The molecule has 2 aliphatic rings. The molecular weight excluding hydrogens is 378 g/mol. The fraction of sp³-hybridized carbons (Fsp3) is 0.565. The lowest BCUT2D eigenvalue weighted by molar-refractivity contribution is -0.153. The molecule has 30 heavy (non-hydrogen) atoms. The van der Waals surface area contributed by atoms with Gasteiger partial charge in [0.25, 0.3) is 0 Å². The number of nitrogens with zero attached hydrogens (tertiary/aromatic N) is 5. The van der Waals surface area contributed by atoms with E-state index < -0.39 is 0 Å². The number of rotatable bonds is 10. The van der Waals surface area contributed by atoms with Crippen molar-refractivity contribution < 1.29 is 9.59 Å². The third-order valence-electron chi connectivity index (χ3n) is 6.12. The van der Waals surface area contributed by atoms with Crippen LogP contribution in [-0.4, -0.2) is 70.9 Å². The maximum absolute atomic E-state index is 12.6. The molecule has 2 amide bonds. The Labute approximate surface area is 179 Å². The Morgan fingerprint density at radius 1 is 0.900 bits per heavy atom. The van der Waals surface area contributed by atoms with Crippen molar-refractivity contribution in [2.24, 2.45) is 5.41 Å². The summed E-state index contributed by atoms with van der Waals surface area (Å²) in [5.74, 6) is 0.695. The quantitative estimate of drug-likeness (QED) is 0.335. The second-order valence-corrected chi connectivity index (χ2v) is 8.36. The van der Waals surface area contributed by atoms with Crippen molar-refractivity contribution in [3.05, 3.63) is 43.8 Å². The summed E-state index contributed by atoms with van der Waals surface area (Å²) in [7, 11) is 0. The second kappa shape index (κ2) is 10.5. The molecule has 7 nitrogen and oxygen atoms in total. The van der Waals surface area contributed by atoms with Crippen molar-refractivity contribution >= 4 is 17.8 Å². The number of carbonyl (C=O) groups is 2. The fourth-order valence-electron chi connectivity index (χ4n) is 4.50. The number of carbonyl (C=O) groups excluding carboxylic acids is 2. The van der Waals surface area contributed by atoms with E-state index in [1.807, 2.05) is 18.2 Å². The van der Waals surface area contributed by atoms with Gasteiger partial charge in [-0.15, -0.1) is 13.2 Å². The molecule has 2 fully saturated rings. The minimum absolute atomic E-state index is 0.0496. The second-order valence-electron chi connectivity index (χ2n) is 8.36. The molecule has 0 unspecified atom stereocenters. The molecule has 2 saturated heterocycles. The Balaban J connectivity index is 1.39. The van der Waals surface area contributed by atoms with E-state index in [0.717, 1.165) is 51.5 Å². The summed E-state index contributed by atoms with van der Waals surface area (Å²) in [6, 6.07) is 1.83. The monoisotopic (exact) mass is 411 g/mol. The number of aromatic nitrogens is 2. The Hall–Kier alpha value is -2.54. The van der Waals surface area contributed by atoms with E-state index in [0.29, 0.717) is 32.2 Å². The Morgan fingerprint density at radius 3 is 2.03 bits per heavy atom. The van der Waals surface area contributed by atoms with Gasteiger partial charge in [0.1, 0.15) is 0 Å². The molecule has 0 N–H and O–H groups in total. The van der Waals surface area contributed by atoms with Gasteiger partial charge in [0, 0.05) is 58.0 Å². The maximum atomic E-state index is 12.6. The van der Waals surface area contributed by atoms with Gasteiger partial charge in [-0.2, -0.15) is 0 Å². The molecule has 0 spiro atoms. The standard InChI is InChI=1S/C23H33N5O2/c1-3-8-23(9-4-2)18-20(29)28(21(30)19-23)13-6-5-12-26-14-16-27(17-15-26)22-24-10-7-11-25-22/h3-4,7,10-11H,1-2,5-6,8-9,12-19H2. The molecule has 1 aromatic rings. The lowest BCUT2D eigenvalue weighted by Crippen LogP contribution is -2.48. The highest BCUT2D eigenvalue weighted by atomic mass is 16.2. The molecule has 0 aliphatic carbocycles. The highest BCUT2D eigenvalue weighted by Gasteiger charge is 2.41. The fourth-order valence-corrected chi connectivity index (χ4v) is 4.50. The van der Waals surface area contributed by atoms with Gasteiger partial charge >= 0.3 is 0 Å². The minimum Gasteiger partial charge on any atom is -0.338 e.